The monoisotopic (exact) mass is 157 g/mol. The molecule has 1 aliphatic rings. The molecule has 1 fully saturated rings. The molecular weight excluding hydrogens is 138 g/mol. The van der Waals surface area contributed by atoms with Crippen LogP contribution in [0.15, 0.2) is 0 Å². The molecule has 0 aromatic rings. The quantitative estimate of drug-likeness (QED) is 0.576. The Morgan fingerprint density at radius 1 is 1.64 bits per heavy atom. The van der Waals surface area contributed by atoms with Gasteiger partial charge in [0, 0.05) is 31.7 Å². The van der Waals surface area contributed by atoms with Gasteiger partial charge >= 0.3 is 0 Å². The van der Waals surface area contributed by atoms with E-state index in [0.717, 1.165) is 25.7 Å². The zero-order valence-corrected chi connectivity index (χ0v) is 7.72. The average molecular weight is 157 g/mol. The first-order chi connectivity index (χ1) is 5.25. The Morgan fingerprint density at radius 2 is 2.36 bits per heavy atom. The summed E-state index contributed by atoms with van der Waals surface area (Å²) in [5.41, 5.74) is 0. The van der Waals surface area contributed by atoms with Crippen molar-refractivity contribution < 1.29 is 0 Å². The highest BCUT2D eigenvalue weighted by Crippen LogP contribution is 2.09. The molecule has 2 atom stereocenters. The summed E-state index contributed by atoms with van der Waals surface area (Å²) in [4.78, 5) is 2.41. The van der Waals surface area contributed by atoms with Crippen molar-refractivity contribution in [1.29, 1.82) is 0 Å². The van der Waals surface area contributed by atoms with Crippen molar-refractivity contribution in [3.63, 3.8) is 0 Å². The molecule has 11 heavy (non-hydrogen) atoms. The van der Waals surface area contributed by atoms with Gasteiger partial charge < -0.3 is 10.6 Å². The lowest BCUT2D eigenvalue weighted by Crippen LogP contribution is -2.63. The zero-order valence-electron chi connectivity index (χ0n) is 7.72. The van der Waals surface area contributed by atoms with Crippen LogP contribution in [0.4, 0.5) is 0 Å². The fraction of sp³-hybridized carbons (Fsp3) is 1.00. The van der Waals surface area contributed by atoms with E-state index in [1.165, 1.54) is 0 Å². The van der Waals surface area contributed by atoms with Gasteiger partial charge in [-0.25, -0.2) is 0 Å². The van der Waals surface area contributed by atoms with Gasteiger partial charge in [-0.3, -0.25) is 4.90 Å². The number of nitrogens with zero attached hydrogens (tertiary/aromatic N) is 1. The third-order valence-corrected chi connectivity index (χ3v) is 2.51. The zero-order chi connectivity index (χ0) is 8.27. The minimum absolute atomic E-state index is 0.678. The molecule has 2 N–H and O–H groups in total. The van der Waals surface area contributed by atoms with E-state index in [-0.39, 0.29) is 0 Å². The number of likely N-dealkylation sites (N-methyl/N-ethyl adjacent to an activating group) is 2. The van der Waals surface area contributed by atoms with Crippen molar-refractivity contribution in [3.8, 4) is 0 Å². The fourth-order valence-corrected chi connectivity index (χ4v) is 1.45. The molecule has 3 nitrogen and oxygen atoms in total. The highest BCUT2D eigenvalue weighted by atomic mass is 15.2. The lowest BCUT2D eigenvalue weighted by atomic mass is 10.0. The van der Waals surface area contributed by atoms with Crippen molar-refractivity contribution in [3.05, 3.63) is 0 Å². The predicted octanol–water partition coefficient (Wildman–Crippen LogP) is -0.502. The molecule has 66 valence electrons. The van der Waals surface area contributed by atoms with Gasteiger partial charge in [0.05, 0.1) is 0 Å². The summed E-state index contributed by atoms with van der Waals surface area (Å²) in [5.74, 6) is 0. The van der Waals surface area contributed by atoms with Crippen LogP contribution in [0, 0.1) is 0 Å². The Hall–Kier alpha value is -0.120. The lowest BCUT2D eigenvalue weighted by Gasteiger charge is -2.41. The van der Waals surface area contributed by atoms with E-state index in [2.05, 4.69) is 29.5 Å². The van der Waals surface area contributed by atoms with Crippen molar-refractivity contribution in [2.24, 2.45) is 0 Å². The number of nitrogens with one attached hydrogen (secondary N) is 2. The van der Waals surface area contributed by atoms with E-state index in [1.54, 1.807) is 0 Å². The molecule has 0 amide bonds. The van der Waals surface area contributed by atoms with Crippen molar-refractivity contribution >= 4 is 0 Å². The van der Waals surface area contributed by atoms with E-state index in [9.17, 15) is 0 Å². The van der Waals surface area contributed by atoms with Crippen molar-refractivity contribution in [1.82, 2.24) is 15.5 Å². The Bertz CT molecular complexity index is 116. The molecule has 3 heteroatoms. The molecule has 1 rings (SSSR count). The summed E-state index contributed by atoms with van der Waals surface area (Å²) in [6, 6.07) is 1.43. The smallest absolute Gasteiger partial charge is 0.0368 e. The van der Waals surface area contributed by atoms with Crippen LogP contribution in [0.25, 0.3) is 0 Å². The number of rotatable bonds is 4. The highest BCUT2D eigenvalue weighted by molar-refractivity contribution is 4.91. The second-order valence-corrected chi connectivity index (χ2v) is 3.35. The second kappa shape index (κ2) is 4.04. The summed E-state index contributed by atoms with van der Waals surface area (Å²) in [6.07, 6.45) is 0. The van der Waals surface area contributed by atoms with Crippen LogP contribution >= 0.6 is 0 Å². The molecular formula is C8H19N3. The van der Waals surface area contributed by atoms with Gasteiger partial charge in [0.2, 0.25) is 0 Å². The van der Waals surface area contributed by atoms with E-state index in [0.29, 0.717) is 6.04 Å². The van der Waals surface area contributed by atoms with Crippen LogP contribution in [0.5, 0.6) is 0 Å². The van der Waals surface area contributed by atoms with Gasteiger partial charge in [-0.15, -0.1) is 0 Å². The molecule has 0 saturated carbocycles. The van der Waals surface area contributed by atoms with Gasteiger partial charge in [0.1, 0.15) is 0 Å². The van der Waals surface area contributed by atoms with Crippen molar-refractivity contribution in [2.45, 2.75) is 19.0 Å². The Kier molecular flexibility index (Phi) is 3.30. The Morgan fingerprint density at radius 3 is 2.73 bits per heavy atom. The number of hydrogen-bond donors (Lipinski definition) is 2. The number of hydrogen-bond acceptors (Lipinski definition) is 3. The molecule has 0 aliphatic carbocycles. The summed E-state index contributed by atoms with van der Waals surface area (Å²) < 4.78 is 0. The van der Waals surface area contributed by atoms with Crippen LogP contribution in [0.2, 0.25) is 0 Å². The minimum atomic E-state index is 0.678. The Balaban J connectivity index is 2.13. The van der Waals surface area contributed by atoms with E-state index in [4.69, 9.17) is 0 Å². The lowest BCUT2D eigenvalue weighted by molar-refractivity contribution is 0.133. The normalized spacial score (nSPS) is 30.5. The molecule has 1 heterocycles. The van der Waals surface area contributed by atoms with Crippen molar-refractivity contribution in [2.75, 3.05) is 33.7 Å². The van der Waals surface area contributed by atoms with E-state index in [1.807, 2.05) is 7.05 Å². The molecule has 0 aromatic carbocycles. The molecule has 0 aromatic heterocycles. The van der Waals surface area contributed by atoms with Crippen LogP contribution in [-0.2, 0) is 0 Å². The molecule has 2 unspecified atom stereocenters. The van der Waals surface area contributed by atoms with Crippen LogP contribution in [-0.4, -0.2) is 50.7 Å². The third-order valence-electron chi connectivity index (χ3n) is 2.51. The maximum absolute atomic E-state index is 3.35. The first-order valence-electron chi connectivity index (χ1n) is 4.34. The maximum Gasteiger partial charge on any atom is 0.0368 e. The van der Waals surface area contributed by atoms with Gasteiger partial charge in [-0.2, -0.15) is 0 Å². The summed E-state index contributed by atoms with van der Waals surface area (Å²) in [7, 11) is 4.19. The van der Waals surface area contributed by atoms with E-state index >= 15 is 0 Å². The molecule has 0 spiro atoms. The van der Waals surface area contributed by atoms with Crippen LogP contribution < -0.4 is 10.6 Å². The molecule has 1 saturated heterocycles. The van der Waals surface area contributed by atoms with Gasteiger partial charge in [-0.05, 0) is 21.0 Å². The third kappa shape index (κ3) is 2.15. The van der Waals surface area contributed by atoms with E-state index < -0.39 is 0 Å². The molecule has 0 radical (unpaired) electrons. The summed E-state index contributed by atoms with van der Waals surface area (Å²) in [6.45, 7) is 5.62. The van der Waals surface area contributed by atoms with Crippen LogP contribution in [0.1, 0.15) is 6.92 Å². The van der Waals surface area contributed by atoms with Crippen LogP contribution in [0.3, 0.4) is 0 Å². The molecule has 0 bridgehead atoms. The van der Waals surface area contributed by atoms with Gasteiger partial charge in [0.15, 0.2) is 0 Å². The topological polar surface area (TPSA) is 27.3 Å². The van der Waals surface area contributed by atoms with Gasteiger partial charge in [-0.1, -0.05) is 0 Å². The standard InChI is InChI=1S/C8H19N3/c1-7-8(6-10-7)11(3)5-4-9-2/h7-10H,4-6H2,1-3H3. The summed E-state index contributed by atoms with van der Waals surface area (Å²) in [5, 5.41) is 6.51. The highest BCUT2D eigenvalue weighted by Gasteiger charge is 2.28. The first kappa shape index (κ1) is 8.97. The minimum Gasteiger partial charge on any atom is -0.318 e. The SMILES string of the molecule is CNCCN(C)C1CNC1C. The first-order valence-corrected chi connectivity index (χ1v) is 4.34. The predicted molar refractivity (Wildman–Crippen MR) is 47.8 cm³/mol. The second-order valence-electron chi connectivity index (χ2n) is 3.35. The van der Waals surface area contributed by atoms with Gasteiger partial charge in [0.25, 0.3) is 0 Å². The maximum atomic E-state index is 3.35. The summed E-state index contributed by atoms with van der Waals surface area (Å²) >= 11 is 0. The average Bonchev–Trinajstić information content (AvgIpc) is 1.98. The Labute approximate surface area is 69.1 Å². The fourth-order valence-electron chi connectivity index (χ4n) is 1.45. The molecule has 1 aliphatic heterocycles. The largest absolute Gasteiger partial charge is 0.318 e.